The highest BCUT2D eigenvalue weighted by molar-refractivity contribution is 7.99. The van der Waals surface area contributed by atoms with Crippen LogP contribution in [0.2, 0.25) is 0 Å². The maximum Gasteiger partial charge on any atom is 0.239 e. The van der Waals surface area contributed by atoms with E-state index < -0.39 is 5.24 Å². The van der Waals surface area contributed by atoms with Gasteiger partial charge < -0.3 is 53.7 Å². The number of nitrogens with zero attached hydrogens (tertiary/aromatic N) is 3. The third kappa shape index (κ3) is 27.0. The zero-order valence-electron chi connectivity index (χ0n) is 56.0. The number of thioether (sulfide) groups is 2. The lowest BCUT2D eigenvalue weighted by atomic mass is 10.0. The lowest BCUT2D eigenvalue weighted by Gasteiger charge is -2.25. The molecule has 2 amide bonds. The summed E-state index contributed by atoms with van der Waals surface area (Å²) in [6, 6.07) is 14.9. The van der Waals surface area contributed by atoms with E-state index in [1.807, 2.05) is 23.5 Å². The molecular formula is C70H86Cl3N7O14S5. The van der Waals surface area contributed by atoms with E-state index in [1.54, 1.807) is 54.6 Å². The number of likely N-dealkylation sites (tertiary alicyclic amines) is 1. The van der Waals surface area contributed by atoms with Gasteiger partial charge in [0.25, 0.3) is 0 Å². The second-order valence-corrected chi connectivity index (χ2v) is 29.0. The maximum absolute atomic E-state index is 12.9. The maximum atomic E-state index is 12.9. The van der Waals surface area contributed by atoms with Gasteiger partial charge in [-0.05, 0) is 173 Å². The highest BCUT2D eigenvalue weighted by Crippen LogP contribution is 2.41. The number of Topliss-reactive ketones (excluding diaryl/α,β-unsaturated/α-hetero) is 2. The van der Waals surface area contributed by atoms with Crippen LogP contribution < -0.4 is 21.7 Å². The summed E-state index contributed by atoms with van der Waals surface area (Å²) in [6.45, 7) is 17.0. The summed E-state index contributed by atoms with van der Waals surface area (Å²) in [6.07, 6.45) is 17.3. The van der Waals surface area contributed by atoms with E-state index in [1.165, 1.54) is 122 Å². The first-order valence-electron chi connectivity index (χ1n) is 32.8. The van der Waals surface area contributed by atoms with Crippen molar-refractivity contribution in [2.45, 2.75) is 117 Å². The molecule has 13 heterocycles. The Hall–Kier alpha value is -6.16. The fourth-order valence-corrected chi connectivity index (χ4v) is 16.2. The molecule has 7 aromatic rings. The number of amides is 2. The van der Waals surface area contributed by atoms with Crippen LogP contribution in [0.1, 0.15) is 169 Å². The summed E-state index contributed by atoms with van der Waals surface area (Å²) in [5.41, 5.74) is 10.7. The van der Waals surface area contributed by atoms with E-state index in [9.17, 15) is 38.4 Å². The summed E-state index contributed by atoms with van der Waals surface area (Å²) >= 11 is 23.2. The van der Waals surface area contributed by atoms with Gasteiger partial charge in [0, 0.05) is 44.7 Å². The standard InChI is InChI=1S/C19H22N2O4S.C14H12ClNO4S.C12H11NO2S2.C7H5NO2.C6H15N.C5H11N.C5H8OS.C2H2Cl2O/c22-16(11-21-7-2-1-3-8-21)20-19-17(18(23)14-5-4-9-25-14)13-6-10-24-12-15(13)26-19;15-6-11(17)16-14-12(13(18)9-2-1-4-20-9)8-3-5-19-7-10(8)21-14;13-12-10(11(14)8-2-1-4-15-8)7-3-5-16-6-9(7)17-12;8-4-3-6(9)7-2-1-5-10-7;1-4-7(5-2)6-3;1-2-4-6-5-3-1;6-5-1-3-7-4-2-5;3-1-2(4)5/h4-5,9H,1-3,6-8,10-12H2,(H,20,22);1-2,4H,3,5-7H2,(H,16,17);1-2,4H,3,5-6,13H2;1-2,5H,3H2;4-6H2,1-3H3;6H,1-5H2;1-4H2;1H2. The Morgan fingerprint density at radius 1 is 0.596 bits per heavy atom. The molecule has 0 aliphatic carbocycles. The SMILES string of the molecule is C1CCNCC1.CCN(CC)CC.N#CCC(=O)c1ccco1.Nc1sc2c(c1C(=O)c1ccco1)CCSC2.O=C(CCl)Nc1sc2c(c1C(=O)c1ccco1)CCOC2.O=C(CN1CCCCC1)Nc1sc2c(c1C(=O)c1ccco1)CCOC2.O=C(Cl)CCl.O=C1CCSCC1. The number of rotatable bonds is 17. The van der Waals surface area contributed by atoms with E-state index in [0.29, 0.717) is 94.8 Å². The third-order valence-electron chi connectivity index (χ3n) is 15.6. The van der Waals surface area contributed by atoms with Crippen LogP contribution in [-0.2, 0) is 66.9 Å². The Kier molecular flexibility index (Phi) is 37.7. The van der Waals surface area contributed by atoms with Crippen molar-refractivity contribution in [2.24, 2.45) is 0 Å². The number of alkyl halides is 2. The molecule has 6 aliphatic rings. The molecule has 0 unspecified atom stereocenters. The average molecular weight is 1520 g/mol. The number of furan rings is 4. The predicted molar refractivity (Wildman–Crippen MR) is 395 cm³/mol. The number of ketones is 5. The van der Waals surface area contributed by atoms with Crippen LogP contribution in [0.25, 0.3) is 0 Å². The van der Waals surface area contributed by atoms with Gasteiger partial charge in [0.1, 0.15) is 28.1 Å². The second-order valence-electron chi connectivity index (χ2n) is 22.4. The number of carbonyl (C=O) groups is 8. The molecule has 0 atom stereocenters. The zero-order chi connectivity index (χ0) is 71.3. The molecule has 21 nitrogen and oxygen atoms in total. The number of hydrogen-bond donors (Lipinski definition) is 4. The van der Waals surface area contributed by atoms with Crippen molar-refractivity contribution in [3.8, 4) is 6.07 Å². The van der Waals surface area contributed by atoms with Gasteiger partial charge >= 0.3 is 0 Å². The highest BCUT2D eigenvalue weighted by Gasteiger charge is 2.31. The predicted octanol–water partition coefficient (Wildman–Crippen LogP) is 14.4. The monoisotopic (exact) mass is 1510 g/mol. The number of anilines is 3. The largest absolute Gasteiger partial charge is 0.461 e. The van der Waals surface area contributed by atoms with Crippen molar-refractivity contribution in [1.29, 1.82) is 5.26 Å². The molecule has 3 fully saturated rings. The molecule has 99 heavy (non-hydrogen) atoms. The van der Waals surface area contributed by atoms with Gasteiger partial charge in [-0.3, -0.25) is 43.3 Å². The van der Waals surface area contributed by atoms with E-state index in [2.05, 4.69) is 46.5 Å². The van der Waals surface area contributed by atoms with E-state index in [-0.39, 0.29) is 64.6 Å². The number of hydrogen-bond acceptors (Lipinski definition) is 24. The quantitative estimate of drug-likeness (QED) is 0.0374. The molecule has 0 spiro atoms. The number of halogens is 3. The Morgan fingerprint density at radius 3 is 1.44 bits per heavy atom. The molecule has 0 bridgehead atoms. The number of nitrogens with two attached hydrogens (primary N) is 1. The third-order valence-corrected chi connectivity index (χ3v) is 21.8. The van der Waals surface area contributed by atoms with Gasteiger partial charge in [-0.2, -0.15) is 28.8 Å². The Labute approximate surface area is 613 Å². The smallest absolute Gasteiger partial charge is 0.239 e. The minimum absolute atomic E-state index is 0.0695. The Balaban J connectivity index is 0.000000191. The molecule has 6 aliphatic heterocycles. The first-order valence-corrected chi connectivity index (χ1v) is 39.0. The van der Waals surface area contributed by atoms with Crippen molar-refractivity contribution in [2.75, 3.05) is 111 Å². The molecular weight excluding hydrogens is 1430 g/mol. The van der Waals surface area contributed by atoms with Gasteiger partial charge in [-0.15, -0.1) is 57.2 Å². The topological polar surface area (TPSA) is 300 Å². The average Bonchev–Trinajstić information content (AvgIpc) is 1.66. The summed E-state index contributed by atoms with van der Waals surface area (Å²) in [5.74, 6) is 4.31. The van der Waals surface area contributed by atoms with Crippen LogP contribution >= 0.6 is 92.3 Å². The van der Waals surface area contributed by atoms with Crippen molar-refractivity contribution in [1.82, 2.24) is 15.1 Å². The minimum atomic E-state index is -0.508. The van der Waals surface area contributed by atoms with Gasteiger partial charge in [0.05, 0.1) is 91.7 Å². The first-order chi connectivity index (χ1) is 48.0. The molecule has 0 aromatic carbocycles. The fourth-order valence-electron chi connectivity index (χ4n) is 10.5. The summed E-state index contributed by atoms with van der Waals surface area (Å²) in [4.78, 5) is 100. The number of fused-ring (bicyclic) bond motifs is 3. The lowest BCUT2D eigenvalue weighted by molar-refractivity contribution is -0.118. The van der Waals surface area contributed by atoms with Crippen molar-refractivity contribution >= 4 is 153 Å². The number of ether oxygens (including phenoxy) is 2. The number of piperidine rings is 2. The Morgan fingerprint density at radius 2 is 1.05 bits per heavy atom. The van der Waals surface area contributed by atoms with E-state index in [4.69, 9.17) is 72.9 Å². The van der Waals surface area contributed by atoms with E-state index in [0.717, 1.165) is 94.6 Å². The molecule has 0 saturated carbocycles. The normalized spacial score (nSPS) is 15.1. The molecule has 29 heteroatoms. The number of nitrogen functional groups attached to an aromatic ring is 1. The highest BCUT2D eigenvalue weighted by atomic mass is 35.5. The van der Waals surface area contributed by atoms with Gasteiger partial charge in [0.15, 0.2) is 23.0 Å². The second kappa shape index (κ2) is 45.7. The van der Waals surface area contributed by atoms with Gasteiger partial charge in [-0.25, -0.2) is 0 Å². The minimum Gasteiger partial charge on any atom is -0.461 e. The molecule has 7 aromatic heterocycles. The van der Waals surface area contributed by atoms with Crippen molar-refractivity contribution in [3.63, 3.8) is 0 Å². The first kappa shape index (κ1) is 81.8. The number of nitriles is 1. The number of nitrogens with one attached hydrogen (secondary N) is 3. The molecule has 0 radical (unpaired) electrons. The summed E-state index contributed by atoms with van der Waals surface area (Å²) in [7, 11) is 0. The fraction of sp³-hybridized carbons (Fsp3) is 0.471. The van der Waals surface area contributed by atoms with Crippen molar-refractivity contribution in [3.05, 3.63) is 145 Å². The van der Waals surface area contributed by atoms with E-state index >= 15 is 0 Å². The zero-order valence-corrected chi connectivity index (χ0v) is 62.3. The van der Waals surface area contributed by atoms with Crippen LogP contribution in [0.3, 0.4) is 0 Å². The molecule has 13 rings (SSSR count). The molecule has 536 valence electrons. The molecule has 3 saturated heterocycles. The van der Waals surface area contributed by atoms with Gasteiger partial charge in [0.2, 0.25) is 40.2 Å². The summed E-state index contributed by atoms with van der Waals surface area (Å²) < 4.78 is 31.3. The van der Waals surface area contributed by atoms with Crippen LogP contribution in [0, 0.1) is 11.3 Å². The number of thiophene rings is 3. The number of carbonyl (C=O) groups excluding carboxylic acids is 8. The van der Waals surface area contributed by atoms with Crippen LogP contribution in [0.15, 0.2) is 91.3 Å². The Bertz CT molecular complexity index is 3640. The van der Waals surface area contributed by atoms with Crippen LogP contribution in [-0.4, -0.2) is 150 Å². The van der Waals surface area contributed by atoms with Crippen LogP contribution in [0.4, 0.5) is 15.0 Å². The summed E-state index contributed by atoms with van der Waals surface area (Å²) in [5, 5.41) is 18.3. The van der Waals surface area contributed by atoms with Crippen molar-refractivity contribution < 1.29 is 65.5 Å². The van der Waals surface area contributed by atoms with Gasteiger partial charge in [-0.1, -0.05) is 33.6 Å². The molecule has 5 N–H and O–H groups in total. The lowest BCUT2D eigenvalue weighted by Crippen LogP contribution is -2.36. The van der Waals surface area contributed by atoms with Crippen LogP contribution in [0.5, 0.6) is 0 Å².